The SMILES string of the molecule is COc1ccc(CO[C@@H](C=O)C2CCCCC2)cc1. The molecule has 1 aromatic carbocycles. The van der Waals surface area contributed by atoms with Crippen molar-refractivity contribution >= 4 is 6.29 Å². The van der Waals surface area contributed by atoms with Gasteiger partial charge in [-0.05, 0) is 36.5 Å². The summed E-state index contributed by atoms with van der Waals surface area (Å²) in [6.07, 6.45) is 6.70. The maximum Gasteiger partial charge on any atom is 0.149 e. The lowest BCUT2D eigenvalue weighted by Gasteiger charge is -2.26. The first-order chi connectivity index (χ1) is 9.33. The Hall–Kier alpha value is -1.35. The molecule has 0 aliphatic heterocycles. The fourth-order valence-corrected chi connectivity index (χ4v) is 2.66. The third kappa shape index (κ3) is 4.06. The number of hydrogen-bond acceptors (Lipinski definition) is 3. The monoisotopic (exact) mass is 262 g/mol. The predicted octanol–water partition coefficient (Wildman–Crippen LogP) is 3.36. The molecule has 1 atom stereocenters. The van der Waals surface area contributed by atoms with E-state index in [1.807, 2.05) is 24.3 Å². The number of rotatable bonds is 6. The number of carbonyl (C=O) groups is 1. The van der Waals surface area contributed by atoms with Gasteiger partial charge in [0, 0.05) is 0 Å². The van der Waals surface area contributed by atoms with E-state index in [0.717, 1.165) is 30.4 Å². The Balaban J connectivity index is 1.85. The molecule has 0 amide bonds. The third-order valence-electron chi connectivity index (χ3n) is 3.85. The van der Waals surface area contributed by atoms with Gasteiger partial charge in [-0.3, -0.25) is 0 Å². The van der Waals surface area contributed by atoms with Gasteiger partial charge in [0.1, 0.15) is 18.1 Å². The average Bonchev–Trinajstić information content (AvgIpc) is 2.49. The van der Waals surface area contributed by atoms with Gasteiger partial charge < -0.3 is 14.3 Å². The second-order valence-electron chi connectivity index (χ2n) is 5.16. The van der Waals surface area contributed by atoms with Crippen LogP contribution in [-0.4, -0.2) is 19.5 Å². The smallest absolute Gasteiger partial charge is 0.149 e. The maximum atomic E-state index is 11.2. The highest BCUT2D eigenvalue weighted by Gasteiger charge is 2.23. The Bertz CT molecular complexity index is 379. The number of hydrogen-bond donors (Lipinski definition) is 0. The Morgan fingerprint density at radius 2 is 1.89 bits per heavy atom. The van der Waals surface area contributed by atoms with Crippen molar-refractivity contribution in [1.29, 1.82) is 0 Å². The van der Waals surface area contributed by atoms with Crippen molar-refractivity contribution in [3.8, 4) is 5.75 Å². The zero-order valence-corrected chi connectivity index (χ0v) is 11.5. The summed E-state index contributed by atoms with van der Waals surface area (Å²) < 4.78 is 10.9. The zero-order chi connectivity index (χ0) is 13.5. The van der Waals surface area contributed by atoms with Crippen LogP contribution in [0.4, 0.5) is 0 Å². The van der Waals surface area contributed by atoms with E-state index in [4.69, 9.17) is 9.47 Å². The van der Waals surface area contributed by atoms with Crippen LogP contribution in [0.3, 0.4) is 0 Å². The lowest BCUT2D eigenvalue weighted by atomic mass is 9.85. The molecule has 0 bridgehead atoms. The van der Waals surface area contributed by atoms with Crippen molar-refractivity contribution in [2.24, 2.45) is 5.92 Å². The predicted molar refractivity (Wildman–Crippen MR) is 74.2 cm³/mol. The molecule has 0 heterocycles. The van der Waals surface area contributed by atoms with E-state index >= 15 is 0 Å². The van der Waals surface area contributed by atoms with Crippen molar-refractivity contribution in [3.63, 3.8) is 0 Å². The second kappa shape index (κ2) is 7.29. The van der Waals surface area contributed by atoms with Gasteiger partial charge in [-0.15, -0.1) is 0 Å². The van der Waals surface area contributed by atoms with Crippen LogP contribution in [0, 0.1) is 5.92 Å². The molecule has 19 heavy (non-hydrogen) atoms. The molecule has 104 valence electrons. The van der Waals surface area contributed by atoms with Crippen LogP contribution in [-0.2, 0) is 16.1 Å². The summed E-state index contributed by atoms with van der Waals surface area (Å²) in [6, 6.07) is 7.77. The summed E-state index contributed by atoms with van der Waals surface area (Å²) in [5.41, 5.74) is 1.07. The lowest BCUT2D eigenvalue weighted by molar-refractivity contribution is -0.123. The number of benzene rings is 1. The first-order valence-corrected chi connectivity index (χ1v) is 7.03. The van der Waals surface area contributed by atoms with Crippen molar-refractivity contribution < 1.29 is 14.3 Å². The largest absolute Gasteiger partial charge is 0.497 e. The molecular weight excluding hydrogens is 240 g/mol. The first kappa shape index (κ1) is 14.1. The fourth-order valence-electron chi connectivity index (χ4n) is 2.66. The van der Waals surface area contributed by atoms with Gasteiger partial charge in [-0.25, -0.2) is 0 Å². The van der Waals surface area contributed by atoms with Crippen LogP contribution in [0.2, 0.25) is 0 Å². The van der Waals surface area contributed by atoms with Crippen molar-refractivity contribution in [3.05, 3.63) is 29.8 Å². The van der Waals surface area contributed by atoms with Crippen LogP contribution in [0.1, 0.15) is 37.7 Å². The summed E-state index contributed by atoms with van der Waals surface area (Å²) >= 11 is 0. The Morgan fingerprint density at radius 3 is 2.47 bits per heavy atom. The van der Waals surface area contributed by atoms with E-state index in [1.165, 1.54) is 19.3 Å². The van der Waals surface area contributed by atoms with E-state index in [-0.39, 0.29) is 6.10 Å². The Labute approximate surface area is 114 Å². The van der Waals surface area contributed by atoms with E-state index in [2.05, 4.69) is 0 Å². The molecule has 0 radical (unpaired) electrons. The molecule has 1 fully saturated rings. The molecule has 0 aromatic heterocycles. The fraction of sp³-hybridized carbons (Fsp3) is 0.562. The zero-order valence-electron chi connectivity index (χ0n) is 11.5. The molecule has 3 heteroatoms. The maximum absolute atomic E-state index is 11.2. The van der Waals surface area contributed by atoms with Crippen molar-refractivity contribution in [2.45, 2.75) is 44.8 Å². The molecule has 0 unspecified atom stereocenters. The molecule has 3 nitrogen and oxygen atoms in total. The van der Waals surface area contributed by atoms with Gasteiger partial charge in [-0.2, -0.15) is 0 Å². The first-order valence-electron chi connectivity index (χ1n) is 7.03. The highest BCUT2D eigenvalue weighted by Crippen LogP contribution is 2.27. The van der Waals surface area contributed by atoms with Crippen LogP contribution < -0.4 is 4.74 Å². The molecule has 2 rings (SSSR count). The van der Waals surface area contributed by atoms with Crippen molar-refractivity contribution in [1.82, 2.24) is 0 Å². The third-order valence-corrected chi connectivity index (χ3v) is 3.85. The lowest BCUT2D eigenvalue weighted by Crippen LogP contribution is -2.27. The van der Waals surface area contributed by atoms with E-state index in [9.17, 15) is 4.79 Å². The minimum atomic E-state index is -0.248. The minimum Gasteiger partial charge on any atom is -0.497 e. The van der Waals surface area contributed by atoms with Crippen LogP contribution in [0.25, 0.3) is 0 Å². The summed E-state index contributed by atoms with van der Waals surface area (Å²) in [6.45, 7) is 0.490. The summed E-state index contributed by atoms with van der Waals surface area (Å²) in [7, 11) is 1.65. The van der Waals surface area contributed by atoms with Gasteiger partial charge >= 0.3 is 0 Å². The van der Waals surface area contributed by atoms with Crippen LogP contribution >= 0.6 is 0 Å². The molecule has 1 saturated carbocycles. The second-order valence-corrected chi connectivity index (χ2v) is 5.16. The van der Waals surface area contributed by atoms with Crippen LogP contribution in [0.5, 0.6) is 5.75 Å². The Morgan fingerprint density at radius 1 is 1.21 bits per heavy atom. The van der Waals surface area contributed by atoms with E-state index in [0.29, 0.717) is 12.5 Å². The van der Waals surface area contributed by atoms with Crippen molar-refractivity contribution in [2.75, 3.05) is 7.11 Å². The highest BCUT2D eigenvalue weighted by atomic mass is 16.5. The standard InChI is InChI=1S/C16H22O3/c1-18-15-9-7-13(8-10-15)12-19-16(11-17)14-5-3-2-4-6-14/h7-11,14,16H,2-6,12H2,1H3/t16-/m0/s1. The number of carbonyl (C=O) groups excluding carboxylic acids is 1. The van der Waals surface area contributed by atoms with Gasteiger partial charge in [-0.1, -0.05) is 31.4 Å². The average molecular weight is 262 g/mol. The topological polar surface area (TPSA) is 35.5 Å². The van der Waals surface area contributed by atoms with Gasteiger partial charge in [0.15, 0.2) is 0 Å². The quantitative estimate of drug-likeness (QED) is 0.737. The van der Waals surface area contributed by atoms with Gasteiger partial charge in [0.2, 0.25) is 0 Å². The summed E-state index contributed by atoms with van der Waals surface area (Å²) in [4.78, 5) is 11.2. The normalized spacial score (nSPS) is 17.9. The summed E-state index contributed by atoms with van der Waals surface area (Å²) in [5.74, 6) is 1.24. The Kier molecular flexibility index (Phi) is 5.40. The van der Waals surface area contributed by atoms with E-state index < -0.39 is 0 Å². The molecule has 1 aliphatic rings. The number of aldehydes is 1. The highest BCUT2D eigenvalue weighted by molar-refractivity contribution is 5.56. The summed E-state index contributed by atoms with van der Waals surface area (Å²) in [5, 5.41) is 0. The molecular formula is C16H22O3. The molecule has 1 aliphatic carbocycles. The van der Waals surface area contributed by atoms with Gasteiger partial charge in [0.25, 0.3) is 0 Å². The molecule has 0 N–H and O–H groups in total. The molecule has 0 spiro atoms. The van der Waals surface area contributed by atoms with E-state index in [1.54, 1.807) is 7.11 Å². The van der Waals surface area contributed by atoms with Crippen LogP contribution in [0.15, 0.2) is 24.3 Å². The number of methoxy groups -OCH3 is 1. The molecule has 1 aromatic rings. The minimum absolute atomic E-state index is 0.248. The number of ether oxygens (including phenoxy) is 2. The van der Waals surface area contributed by atoms with Gasteiger partial charge in [0.05, 0.1) is 13.7 Å². The molecule has 0 saturated heterocycles.